The molecule has 0 fully saturated rings. The summed E-state index contributed by atoms with van der Waals surface area (Å²) < 4.78 is 32.0. The maximum absolute atomic E-state index is 12.2. The van der Waals surface area contributed by atoms with E-state index in [9.17, 15) is 8.42 Å². The average molecular weight is 307 g/mol. The molecule has 112 valence electrons. The topological polar surface area (TPSA) is 94.3 Å². The number of nitrogens with two attached hydrogens (primary N) is 1. The van der Waals surface area contributed by atoms with Crippen molar-refractivity contribution in [3.8, 4) is 0 Å². The van der Waals surface area contributed by atoms with Crippen molar-refractivity contribution in [1.29, 1.82) is 0 Å². The van der Waals surface area contributed by atoms with Gasteiger partial charge >= 0.3 is 0 Å². The lowest BCUT2D eigenvalue weighted by atomic mass is 10.1. The van der Waals surface area contributed by atoms with Gasteiger partial charge in [0, 0.05) is 19.9 Å². The molecule has 0 bridgehead atoms. The first-order chi connectivity index (χ1) is 10.0. The first kappa shape index (κ1) is 15.4. The smallest absolute Gasteiger partial charge is 0.242 e. The van der Waals surface area contributed by atoms with Gasteiger partial charge in [0.15, 0.2) is 0 Å². The minimum atomic E-state index is -3.62. The SMILES string of the molecule is COCc1ccccc1CNS(=O)(=O)c1ccc(N)nc1. The third-order valence-corrected chi connectivity index (χ3v) is 4.33. The predicted molar refractivity (Wildman–Crippen MR) is 79.8 cm³/mol. The summed E-state index contributed by atoms with van der Waals surface area (Å²) in [6.45, 7) is 0.619. The number of rotatable bonds is 6. The Hall–Kier alpha value is -1.96. The molecule has 0 amide bonds. The van der Waals surface area contributed by atoms with Crippen LogP contribution in [0.1, 0.15) is 11.1 Å². The number of hydrogen-bond acceptors (Lipinski definition) is 5. The summed E-state index contributed by atoms with van der Waals surface area (Å²) in [5, 5.41) is 0. The van der Waals surface area contributed by atoms with Gasteiger partial charge in [-0.05, 0) is 23.3 Å². The molecule has 21 heavy (non-hydrogen) atoms. The van der Waals surface area contributed by atoms with Crippen LogP contribution in [0, 0.1) is 0 Å². The number of nitrogens with one attached hydrogen (secondary N) is 1. The Bertz CT molecular complexity index is 700. The van der Waals surface area contributed by atoms with Gasteiger partial charge in [-0.15, -0.1) is 0 Å². The average Bonchev–Trinajstić information content (AvgIpc) is 2.47. The number of aromatic nitrogens is 1. The zero-order valence-electron chi connectivity index (χ0n) is 11.6. The highest BCUT2D eigenvalue weighted by atomic mass is 32.2. The Morgan fingerprint density at radius 1 is 1.19 bits per heavy atom. The van der Waals surface area contributed by atoms with Gasteiger partial charge in [0.05, 0.1) is 6.61 Å². The summed E-state index contributed by atoms with van der Waals surface area (Å²) in [6, 6.07) is 10.4. The second kappa shape index (κ2) is 6.66. The first-order valence-corrected chi connectivity index (χ1v) is 7.78. The second-order valence-corrected chi connectivity index (χ2v) is 6.21. The molecule has 3 N–H and O–H groups in total. The van der Waals surface area contributed by atoms with Gasteiger partial charge in [-0.2, -0.15) is 0 Å². The number of nitrogens with zero attached hydrogens (tertiary/aromatic N) is 1. The molecule has 2 aromatic rings. The maximum atomic E-state index is 12.2. The van der Waals surface area contributed by atoms with Crippen LogP contribution in [0.2, 0.25) is 0 Å². The first-order valence-electron chi connectivity index (χ1n) is 6.30. The highest BCUT2D eigenvalue weighted by Gasteiger charge is 2.14. The van der Waals surface area contributed by atoms with Crippen LogP contribution in [0.4, 0.5) is 5.82 Å². The van der Waals surface area contributed by atoms with Crippen LogP contribution < -0.4 is 10.5 Å². The highest BCUT2D eigenvalue weighted by molar-refractivity contribution is 7.89. The molecule has 7 heteroatoms. The zero-order valence-corrected chi connectivity index (χ0v) is 12.4. The van der Waals surface area contributed by atoms with Crippen molar-refractivity contribution < 1.29 is 13.2 Å². The maximum Gasteiger partial charge on any atom is 0.242 e. The number of benzene rings is 1. The molecular formula is C14H17N3O3S. The van der Waals surface area contributed by atoms with Gasteiger partial charge in [0.1, 0.15) is 10.7 Å². The molecule has 0 atom stereocenters. The predicted octanol–water partition coefficient (Wildman–Crippen LogP) is 1.29. The lowest BCUT2D eigenvalue weighted by Crippen LogP contribution is -2.24. The monoisotopic (exact) mass is 307 g/mol. The third kappa shape index (κ3) is 4.01. The Morgan fingerprint density at radius 3 is 2.52 bits per heavy atom. The largest absolute Gasteiger partial charge is 0.384 e. The van der Waals surface area contributed by atoms with Gasteiger partial charge in [-0.1, -0.05) is 24.3 Å². The Balaban J connectivity index is 2.13. The molecular weight excluding hydrogens is 290 g/mol. The van der Waals surface area contributed by atoms with E-state index < -0.39 is 10.0 Å². The van der Waals surface area contributed by atoms with Crippen LogP contribution in [-0.4, -0.2) is 20.5 Å². The molecule has 0 aliphatic carbocycles. The molecule has 1 aromatic carbocycles. The zero-order chi connectivity index (χ0) is 15.3. The minimum Gasteiger partial charge on any atom is -0.384 e. The number of anilines is 1. The number of ether oxygens (including phenoxy) is 1. The summed E-state index contributed by atoms with van der Waals surface area (Å²) >= 11 is 0. The van der Waals surface area contributed by atoms with E-state index >= 15 is 0 Å². The van der Waals surface area contributed by atoms with Crippen molar-refractivity contribution >= 4 is 15.8 Å². The molecule has 1 aromatic heterocycles. The molecule has 2 rings (SSSR count). The van der Waals surface area contributed by atoms with E-state index in [4.69, 9.17) is 10.5 Å². The Labute approximate surface area is 124 Å². The molecule has 1 heterocycles. The van der Waals surface area contributed by atoms with E-state index in [-0.39, 0.29) is 17.3 Å². The van der Waals surface area contributed by atoms with E-state index in [1.165, 1.54) is 18.3 Å². The fourth-order valence-corrected chi connectivity index (χ4v) is 2.78. The fourth-order valence-electron chi connectivity index (χ4n) is 1.83. The Morgan fingerprint density at radius 2 is 1.90 bits per heavy atom. The molecule has 0 spiro atoms. The number of pyridine rings is 1. The van der Waals surface area contributed by atoms with Crippen molar-refractivity contribution in [1.82, 2.24) is 9.71 Å². The van der Waals surface area contributed by atoms with Gasteiger partial charge in [0.2, 0.25) is 10.0 Å². The van der Waals surface area contributed by atoms with Crippen LogP contribution in [0.5, 0.6) is 0 Å². The Kier molecular flexibility index (Phi) is 4.89. The van der Waals surface area contributed by atoms with Crippen molar-refractivity contribution in [2.75, 3.05) is 12.8 Å². The summed E-state index contributed by atoms with van der Waals surface area (Å²) in [5.41, 5.74) is 7.26. The summed E-state index contributed by atoms with van der Waals surface area (Å²) in [4.78, 5) is 3.87. The normalized spacial score (nSPS) is 11.5. The van der Waals surface area contributed by atoms with Crippen LogP contribution in [0.3, 0.4) is 0 Å². The third-order valence-electron chi connectivity index (χ3n) is 2.94. The van der Waals surface area contributed by atoms with E-state index in [0.717, 1.165) is 11.1 Å². The van der Waals surface area contributed by atoms with E-state index in [0.29, 0.717) is 6.61 Å². The number of sulfonamides is 1. The van der Waals surface area contributed by atoms with Gasteiger partial charge < -0.3 is 10.5 Å². The lowest BCUT2D eigenvalue weighted by molar-refractivity contribution is 0.184. The molecule has 0 aliphatic heterocycles. The summed E-state index contributed by atoms with van der Waals surface area (Å²) in [6.07, 6.45) is 1.23. The molecule has 0 aliphatic rings. The van der Waals surface area contributed by atoms with E-state index in [2.05, 4.69) is 9.71 Å². The van der Waals surface area contributed by atoms with Crippen molar-refractivity contribution in [2.45, 2.75) is 18.0 Å². The molecule has 0 saturated heterocycles. The summed E-state index contributed by atoms with van der Waals surface area (Å²) in [5.74, 6) is 0.277. The quantitative estimate of drug-likeness (QED) is 0.838. The van der Waals surface area contributed by atoms with Gasteiger partial charge in [-0.25, -0.2) is 18.1 Å². The second-order valence-electron chi connectivity index (χ2n) is 4.45. The van der Waals surface area contributed by atoms with Gasteiger partial charge in [-0.3, -0.25) is 0 Å². The van der Waals surface area contributed by atoms with Crippen molar-refractivity contribution in [3.63, 3.8) is 0 Å². The highest BCUT2D eigenvalue weighted by Crippen LogP contribution is 2.13. The number of hydrogen-bond donors (Lipinski definition) is 2. The minimum absolute atomic E-state index is 0.0842. The van der Waals surface area contributed by atoms with Crippen LogP contribution in [-0.2, 0) is 27.9 Å². The fraction of sp³-hybridized carbons (Fsp3) is 0.214. The van der Waals surface area contributed by atoms with E-state index in [1.807, 2.05) is 24.3 Å². The van der Waals surface area contributed by atoms with Crippen LogP contribution in [0.15, 0.2) is 47.5 Å². The lowest BCUT2D eigenvalue weighted by Gasteiger charge is -2.10. The number of methoxy groups -OCH3 is 1. The standard InChI is InChI=1S/C14H17N3O3S/c1-20-10-12-5-3-2-4-11(12)8-17-21(18,19)13-6-7-14(15)16-9-13/h2-7,9,17H,8,10H2,1H3,(H2,15,16). The summed E-state index contributed by atoms with van der Waals surface area (Å²) in [7, 11) is -2.02. The molecule has 0 unspecified atom stereocenters. The van der Waals surface area contributed by atoms with E-state index in [1.54, 1.807) is 7.11 Å². The molecule has 0 radical (unpaired) electrons. The molecule has 6 nitrogen and oxygen atoms in total. The molecule has 0 saturated carbocycles. The van der Waals surface area contributed by atoms with Crippen molar-refractivity contribution in [2.24, 2.45) is 0 Å². The number of nitrogen functional groups attached to an aromatic ring is 1. The van der Waals surface area contributed by atoms with Crippen LogP contribution >= 0.6 is 0 Å². The van der Waals surface area contributed by atoms with Crippen molar-refractivity contribution in [3.05, 3.63) is 53.7 Å². The van der Waals surface area contributed by atoms with Gasteiger partial charge in [0.25, 0.3) is 0 Å². The van der Waals surface area contributed by atoms with Crippen LogP contribution in [0.25, 0.3) is 0 Å².